The van der Waals surface area contributed by atoms with Gasteiger partial charge in [0.15, 0.2) is 0 Å². The van der Waals surface area contributed by atoms with E-state index in [1.165, 1.54) is 22.6 Å². The number of thioether (sulfide) groups is 1. The summed E-state index contributed by atoms with van der Waals surface area (Å²) in [6.07, 6.45) is 1.19. The van der Waals surface area contributed by atoms with Gasteiger partial charge in [0.25, 0.3) is 0 Å². The highest BCUT2D eigenvalue weighted by Gasteiger charge is 2.09. The van der Waals surface area contributed by atoms with Crippen LogP contribution < -0.4 is 5.32 Å². The molecule has 96 valence electrons. The third kappa shape index (κ3) is 5.13. The van der Waals surface area contributed by atoms with E-state index in [1.54, 1.807) is 0 Å². The van der Waals surface area contributed by atoms with E-state index in [0.29, 0.717) is 6.04 Å². The molecule has 1 nitrogen and oxygen atoms in total. The van der Waals surface area contributed by atoms with Gasteiger partial charge in [-0.15, -0.1) is 11.8 Å². The summed E-state index contributed by atoms with van der Waals surface area (Å²) >= 11 is 1.98. The fraction of sp³-hybridized carbons (Fsp3) is 0.600. The maximum absolute atomic E-state index is 3.56. The monoisotopic (exact) mass is 251 g/mol. The summed E-state index contributed by atoms with van der Waals surface area (Å²) in [5.74, 6) is 1.93. The van der Waals surface area contributed by atoms with E-state index >= 15 is 0 Å². The first-order valence-corrected chi connectivity index (χ1v) is 7.58. The van der Waals surface area contributed by atoms with Crippen molar-refractivity contribution in [3.8, 4) is 0 Å². The molecule has 0 fully saturated rings. The molecule has 0 spiro atoms. The second kappa shape index (κ2) is 7.78. The smallest absolute Gasteiger partial charge is 0.0302 e. The molecule has 0 saturated carbocycles. The molecule has 1 rings (SSSR count). The van der Waals surface area contributed by atoms with Crippen molar-refractivity contribution in [2.45, 2.75) is 45.1 Å². The van der Waals surface area contributed by atoms with Gasteiger partial charge in [-0.3, -0.25) is 0 Å². The molecule has 0 radical (unpaired) electrons. The van der Waals surface area contributed by atoms with Gasteiger partial charge in [0.05, 0.1) is 0 Å². The van der Waals surface area contributed by atoms with Gasteiger partial charge in [-0.1, -0.05) is 39.0 Å². The number of hydrogen-bond donors (Lipinski definition) is 1. The van der Waals surface area contributed by atoms with E-state index in [2.05, 4.69) is 57.3 Å². The summed E-state index contributed by atoms with van der Waals surface area (Å²) in [6.45, 7) is 10.1. The Bertz CT molecular complexity index is 322. The molecule has 0 aliphatic rings. The molecule has 0 aliphatic heterocycles. The standard InChI is InChI=1S/C15H25NS/c1-5-10-16-13(4)14-8-6-7-9-15(14)17-11-12(2)3/h6-9,12-13,16H,5,10-11H2,1-4H3. The molecule has 1 aromatic rings. The number of benzene rings is 1. The van der Waals surface area contributed by atoms with Crippen molar-refractivity contribution < 1.29 is 0 Å². The van der Waals surface area contributed by atoms with Crippen LogP contribution in [0.15, 0.2) is 29.2 Å². The van der Waals surface area contributed by atoms with Gasteiger partial charge in [-0.05, 0) is 37.4 Å². The summed E-state index contributed by atoms with van der Waals surface area (Å²) < 4.78 is 0. The summed E-state index contributed by atoms with van der Waals surface area (Å²) in [6, 6.07) is 9.21. The molecule has 0 bridgehead atoms. The van der Waals surface area contributed by atoms with Crippen molar-refractivity contribution in [3.63, 3.8) is 0 Å². The maximum Gasteiger partial charge on any atom is 0.0302 e. The van der Waals surface area contributed by atoms with Crippen LogP contribution in [-0.2, 0) is 0 Å². The van der Waals surface area contributed by atoms with E-state index in [4.69, 9.17) is 0 Å². The molecule has 0 aliphatic carbocycles. The number of rotatable bonds is 7. The average molecular weight is 251 g/mol. The topological polar surface area (TPSA) is 12.0 Å². The van der Waals surface area contributed by atoms with E-state index in [1.807, 2.05) is 11.8 Å². The zero-order chi connectivity index (χ0) is 12.7. The van der Waals surface area contributed by atoms with Crippen LogP contribution in [0.3, 0.4) is 0 Å². The largest absolute Gasteiger partial charge is 0.310 e. The second-order valence-corrected chi connectivity index (χ2v) is 5.98. The zero-order valence-corrected chi connectivity index (χ0v) is 12.3. The Balaban J connectivity index is 2.69. The lowest BCUT2D eigenvalue weighted by molar-refractivity contribution is 0.563. The Kier molecular flexibility index (Phi) is 6.68. The molecule has 0 heterocycles. The molecule has 1 atom stereocenters. The first kappa shape index (κ1) is 14.6. The van der Waals surface area contributed by atoms with Gasteiger partial charge in [0.1, 0.15) is 0 Å². The van der Waals surface area contributed by atoms with Gasteiger partial charge in [-0.25, -0.2) is 0 Å². The van der Waals surface area contributed by atoms with Crippen molar-refractivity contribution in [3.05, 3.63) is 29.8 Å². The highest BCUT2D eigenvalue weighted by Crippen LogP contribution is 2.28. The average Bonchev–Trinajstić information content (AvgIpc) is 2.33. The van der Waals surface area contributed by atoms with Gasteiger partial charge in [0.2, 0.25) is 0 Å². The van der Waals surface area contributed by atoms with Crippen molar-refractivity contribution in [1.82, 2.24) is 5.32 Å². The lowest BCUT2D eigenvalue weighted by Crippen LogP contribution is -2.19. The minimum absolute atomic E-state index is 0.450. The molecular formula is C15H25NS. The molecule has 1 aromatic carbocycles. The van der Waals surface area contributed by atoms with Gasteiger partial charge in [-0.2, -0.15) is 0 Å². The summed E-state index contributed by atoms with van der Waals surface area (Å²) in [5, 5.41) is 3.56. The van der Waals surface area contributed by atoms with E-state index in [0.717, 1.165) is 12.5 Å². The molecule has 1 unspecified atom stereocenters. The first-order chi connectivity index (χ1) is 8.15. The van der Waals surface area contributed by atoms with Crippen LogP contribution in [0, 0.1) is 5.92 Å². The van der Waals surface area contributed by atoms with Crippen LogP contribution in [0.4, 0.5) is 0 Å². The van der Waals surface area contributed by atoms with Gasteiger partial charge >= 0.3 is 0 Å². The Hall–Kier alpha value is -0.470. The van der Waals surface area contributed by atoms with Crippen LogP contribution in [0.1, 0.15) is 45.7 Å². The Morgan fingerprint density at radius 2 is 1.88 bits per heavy atom. The highest BCUT2D eigenvalue weighted by molar-refractivity contribution is 7.99. The summed E-state index contributed by atoms with van der Waals surface area (Å²) in [7, 11) is 0. The Morgan fingerprint density at radius 3 is 2.53 bits per heavy atom. The van der Waals surface area contributed by atoms with Crippen molar-refractivity contribution in [1.29, 1.82) is 0 Å². The minimum atomic E-state index is 0.450. The van der Waals surface area contributed by atoms with Crippen molar-refractivity contribution in [2.24, 2.45) is 5.92 Å². The molecular weight excluding hydrogens is 226 g/mol. The molecule has 2 heteroatoms. The molecule has 0 saturated heterocycles. The fourth-order valence-electron chi connectivity index (χ4n) is 1.70. The van der Waals surface area contributed by atoms with Crippen LogP contribution in [0.5, 0.6) is 0 Å². The first-order valence-electron chi connectivity index (χ1n) is 6.60. The predicted octanol–water partition coefficient (Wildman–Crippen LogP) is 4.50. The highest BCUT2D eigenvalue weighted by atomic mass is 32.2. The summed E-state index contributed by atoms with van der Waals surface area (Å²) in [5.41, 5.74) is 1.44. The zero-order valence-electron chi connectivity index (χ0n) is 11.5. The van der Waals surface area contributed by atoms with Crippen LogP contribution >= 0.6 is 11.8 Å². The summed E-state index contributed by atoms with van der Waals surface area (Å²) in [4.78, 5) is 1.43. The van der Waals surface area contributed by atoms with Gasteiger partial charge in [0, 0.05) is 16.7 Å². The normalized spacial score (nSPS) is 13.0. The fourth-order valence-corrected chi connectivity index (χ4v) is 2.80. The number of nitrogens with one attached hydrogen (secondary N) is 1. The van der Waals surface area contributed by atoms with E-state index in [9.17, 15) is 0 Å². The third-order valence-corrected chi connectivity index (χ3v) is 4.17. The molecule has 17 heavy (non-hydrogen) atoms. The lowest BCUT2D eigenvalue weighted by atomic mass is 10.1. The Morgan fingerprint density at radius 1 is 1.18 bits per heavy atom. The second-order valence-electron chi connectivity index (χ2n) is 4.92. The van der Waals surface area contributed by atoms with Crippen LogP contribution in [-0.4, -0.2) is 12.3 Å². The maximum atomic E-state index is 3.56. The molecule has 0 amide bonds. The van der Waals surface area contributed by atoms with E-state index < -0.39 is 0 Å². The SMILES string of the molecule is CCCNC(C)c1ccccc1SCC(C)C. The lowest BCUT2D eigenvalue weighted by Gasteiger charge is -2.17. The predicted molar refractivity (Wildman–Crippen MR) is 78.7 cm³/mol. The third-order valence-electron chi connectivity index (χ3n) is 2.66. The van der Waals surface area contributed by atoms with E-state index in [-0.39, 0.29) is 0 Å². The Labute approximate surface area is 110 Å². The van der Waals surface area contributed by atoms with Crippen LogP contribution in [0.2, 0.25) is 0 Å². The van der Waals surface area contributed by atoms with Crippen LogP contribution in [0.25, 0.3) is 0 Å². The molecule has 0 aromatic heterocycles. The van der Waals surface area contributed by atoms with Crippen molar-refractivity contribution >= 4 is 11.8 Å². The number of hydrogen-bond acceptors (Lipinski definition) is 2. The van der Waals surface area contributed by atoms with Gasteiger partial charge < -0.3 is 5.32 Å². The molecule has 1 N–H and O–H groups in total. The minimum Gasteiger partial charge on any atom is -0.310 e. The van der Waals surface area contributed by atoms with Crippen molar-refractivity contribution in [2.75, 3.05) is 12.3 Å². The quantitative estimate of drug-likeness (QED) is 0.716.